The highest BCUT2D eigenvalue weighted by Gasteiger charge is 2.34. The number of fused-ring (bicyclic) bond motifs is 1. The van der Waals surface area contributed by atoms with Crippen LogP contribution in [0, 0.1) is 5.92 Å². The maximum absolute atomic E-state index is 13.3. The molecular formula is C27H30ClN3O3S. The number of amides is 1. The fraction of sp³-hybridized carbons (Fsp3) is 0.370. The van der Waals surface area contributed by atoms with E-state index in [0.29, 0.717) is 31.2 Å². The Balaban J connectivity index is 1.16. The molecule has 3 aromatic rings. The molecule has 0 bridgehead atoms. The number of piperidine rings is 1. The van der Waals surface area contributed by atoms with Crippen molar-refractivity contribution in [2.24, 2.45) is 5.92 Å². The van der Waals surface area contributed by atoms with Gasteiger partial charge in [-0.2, -0.15) is 4.31 Å². The number of hydrogen-bond acceptors (Lipinski definition) is 4. The van der Waals surface area contributed by atoms with Crippen molar-refractivity contribution in [3.63, 3.8) is 0 Å². The fourth-order valence-electron chi connectivity index (χ4n) is 5.09. The number of rotatable bonds is 5. The Kier molecular flexibility index (Phi) is 7.12. The summed E-state index contributed by atoms with van der Waals surface area (Å²) in [5.74, 6) is 0.196. The van der Waals surface area contributed by atoms with Crippen LogP contribution in [0.3, 0.4) is 0 Å². The molecule has 0 aromatic heterocycles. The van der Waals surface area contributed by atoms with E-state index in [1.165, 1.54) is 9.87 Å². The summed E-state index contributed by atoms with van der Waals surface area (Å²) in [4.78, 5) is 17.7. The zero-order valence-corrected chi connectivity index (χ0v) is 21.2. The second-order valence-corrected chi connectivity index (χ2v) is 11.8. The minimum absolute atomic E-state index is 0.0255. The highest BCUT2D eigenvalue weighted by molar-refractivity contribution is 7.89. The molecule has 0 unspecified atom stereocenters. The van der Waals surface area contributed by atoms with Gasteiger partial charge in [0.25, 0.3) is 0 Å². The Morgan fingerprint density at radius 2 is 1.49 bits per heavy atom. The van der Waals surface area contributed by atoms with E-state index in [0.717, 1.165) is 43.2 Å². The van der Waals surface area contributed by atoms with Gasteiger partial charge in [0.05, 0.1) is 4.90 Å². The lowest BCUT2D eigenvalue weighted by Crippen LogP contribution is -2.52. The molecule has 0 radical (unpaired) electrons. The van der Waals surface area contributed by atoms with Crippen LogP contribution in [0.1, 0.15) is 18.4 Å². The number of nitrogens with zero attached hydrogens (tertiary/aromatic N) is 3. The highest BCUT2D eigenvalue weighted by Crippen LogP contribution is 2.26. The molecule has 184 valence electrons. The van der Waals surface area contributed by atoms with Crippen LogP contribution in [-0.2, 0) is 21.4 Å². The van der Waals surface area contributed by atoms with E-state index in [4.69, 9.17) is 11.6 Å². The van der Waals surface area contributed by atoms with Gasteiger partial charge in [0.2, 0.25) is 15.9 Å². The molecule has 8 heteroatoms. The Morgan fingerprint density at radius 1 is 0.829 bits per heavy atom. The quantitative estimate of drug-likeness (QED) is 0.514. The summed E-state index contributed by atoms with van der Waals surface area (Å²) >= 11 is 6.04. The fourth-order valence-corrected chi connectivity index (χ4v) is 6.73. The molecule has 2 heterocycles. The number of carbonyl (C=O) groups excluding carboxylic acids is 1. The molecule has 0 saturated carbocycles. The molecule has 2 aliphatic rings. The number of halogens is 1. The minimum Gasteiger partial charge on any atom is -0.340 e. The summed E-state index contributed by atoms with van der Waals surface area (Å²) < 4.78 is 28.0. The number of piperazine rings is 1. The lowest BCUT2D eigenvalue weighted by molar-refractivity contribution is -0.138. The molecule has 2 fully saturated rings. The second-order valence-electron chi connectivity index (χ2n) is 9.42. The van der Waals surface area contributed by atoms with Crippen molar-refractivity contribution in [1.82, 2.24) is 14.1 Å². The molecule has 1 amide bonds. The van der Waals surface area contributed by atoms with Gasteiger partial charge < -0.3 is 4.90 Å². The highest BCUT2D eigenvalue weighted by atomic mass is 35.5. The molecule has 2 saturated heterocycles. The van der Waals surface area contributed by atoms with Gasteiger partial charge in [0.1, 0.15) is 0 Å². The van der Waals surface area contributed by atoms with Gasteiger partial charge in [0, 0.05) is 43.7 Å². The number of carbonyl (C=O) groups is 1. The molecule has 35 heavy (non-hydrogen) atoms. The SMILES string of the molecule is O=C(C1CCN(Cc2ccccc2)CC1)N1CCN(S(=O)(=O)c2ccc3cc(Cl)ccc3c2)CC1. The van der Waals surface area contributed by atoms with Crippen molar-refractivity contribution in [3.8, 4) is 0 Å². The zero-order chi connectivity index (χ0) is 24.4. The van der Waals surface area contributed by atoms with Gasteiger partial charge in [-0.1, -0.05) is 54.1 Å². The number of likely N-dealkylation sites (tertiary alicyclic amines) is 1. The lowest BCUT2D eigenvalue weighted by Gasteiger charge is -2.38. The summed E-state index contributed by atoms with van der Waals surface area (Å²) in [5.41, 5.74) is 1.30. The second kappa shape index (κ2) is 10.3. The van der Waals surface area contributed by atoms with Crippen molar-refractivity contribution in [3.05, 3.63) is 77.3 Å². The molecular weight excluding hydrogens is 482 g/mol. The van der Waals surface area contributed by atoms with Crippen LogP contribution in [-0.4, -0.2) is 67.7 Å². The standard InChI is InChI=1S/C27H30ClN3O3S/c28-25-8-6-24-19-26(9-7-23(24)18-25)35(33,34)31-16-14-30(15-17-31)27(32)22-10-12-29(13-11-22)20-21-4-2-1-3-5-21/h1-9,18-19,22H,10-17,20H2. The van der Waals surface area contributed by atoms with Crippen LogP contribution >= 0.6 is 11.6 Å². The first-order valence-electron chi connectivity index (χ1n) is 12.1. The van der Waals surface area contributed by atoms with E-state index in [-0.39, 0.29) is 16.7 Å². The minimum atomic E-state index is -3.62. The summed E-state index contributed by atoms with van der Waals surface area (Å²) in [6, 6.07) is 20.9. The van der Waals surface area contributed by atoms with E-state index >= 15 is 0 Å². The molecule has 0 spiro atoms. The molecule has 0 atom stereocenters. The third-order valence-electron chi connectivity index (χ3n) is 7.15. The summed E-state index contributed by atoms with van der Waals surface area (Å²) in [6.07, 6.45) is 1.70. The monoisotopic (exact) mass is 511 g/mol. The smallest absolute Gasteiger partial charge is 0.243 e. The van der Waals surface area contributed by atoms with Crippen LogP contribution < -0.4 is 0 Å². The van der Waals surface area contributed by atoms with Crippen molar-refractivity contribution in [2.75, 3.05) is 39.3 Å². The van der Waals surface area contributed by atoms with Crippen LogP contribution in [0.4, 0.5) is 0 Å². The van der Waals surface area contributed by atoms with E-state index in [1.807, 2.05) is 23.1 Å². The Labute approximate surface area is 212 Å². The summed E-state index contributed by atoms with van der Waals surface area (Å²) in [5, 5.41) is 2.36. The van der Waals surface area contributed by atoms with Crippen molar-refractivity contribution in [2.45, 2.75) is 24.3 Å². The van der Waals surface area contributed by atoms with Gasteiger partial charge in [-0.05, 0) is 66.5 Å². The molecule has 0 aliphatic carbocycles. The van der Waals surface area contributed by atoms with E-state index < -0.39 is 10.0 Å². The molecule has 5 rings (SSSR count). The van der Waals surface area contributed by atoms with Crippen molar-refractivity contribution in [1.29, 1.82) is 0 Å². The topological polar surface area (TPSA) is 60.9 Å². The van der Waals surface area contributed by atoms with Gasteiger partial charge in [0.15, 0.2) is 0 Å². The van der Waals surface area contributed by atoms with Crippen molar-refractivity contribution >= 4 is 38.3 Å². The Morgan fingerprint density at radius 3 is 2.20 bits per heavy atom. The third-order valence-corrected chi connectivity index (χ3v) is 9.28. The van der Waals surface area contributed by atoms with Gasteiger partial charge in [-0.3, -0.25) is 9.69 Å². The first-order chi connectivity index (χ1) is 16.9. The predicted octanol–water partition coefficient (Wildman–Crippen LogP) is 4.24. The Hall–Kier alpha value is -2.45. The Bertz CT molecular complexity index is 1300. The van der Waals surface area contributed by atoms with Crippen molar-refractivity contribution < 1.29 is 13.2 Å². The normalized spacial score (nSPS) is 18.7. The van der Waals surface area contributed by atoms with E-state index in [1.54, 1.807) is 24.3 Å². The van der Waals surface area contributed by atoms with Crippen LogP contribution in [0.25, 0.3) is 10.8 Å². The summed E-state index contributed by atoms with van der Waals surface area (Å²) in [6.45, 7) is 4.25. The van der Waals surface area contributed by atoms with E-state index in [9.17, 15) is 13.2 Å². The number of benzene rings is 3. The lowest BCUT2D eigenvalue weighted by atomic mass is 9.94. The maximum atomic E-state index is 13.3. The summed E-state index contributed by atoms with van der Waals surface area (Å²) in [7, 11) is -3.62. The molecule has 2 aliphatic heterocycles. The molecule has 3 aromatic carbocycles. The molecule has 6 nitrogen and oxygen atoms in total. The first-order valence-corrected chi connectivity index (χ1v) is 14.0. The maximum Gasteiger partial charge on any atom is 0.243 e. The molecule has 0 N–H and O–H groups in total. The van der Waals surface area contributed by atoms with Gasteiger partial charge >= 0.3 is 0 Å². The van der Waals surface area contributed by atoms with Gasteiger partial charge in [-0.25, -0.2) is 8.42 Å². The van der Waals surface area contributed by atoms with E-state index in [2.05, 4.69) is 29.2 Å². The zero-order valence-electron chi connectivity index (χ0n) is 19.6. The third kappa shape index (κ3) is 5.38. The average molecular weight is 512 g/mol. The average Bonchev–Trinajstić information content (AvgIpc) is 2.89. The van der Waals surface area contributed by atoms with Crippen LogP contribution in [0.5, 0.6) is 0 Å². The largest absolute Gasteiger partial charge is 0.340 e. The van der Waals surface area contributed by atoms with Crippen LogP contribution in [0.15, 0.2) is 71.6 Å². The number of hydrogen-bond donors (Lipinski definition) is 0. The van der Waals surface area contributed by atoms with Gasteiger partial charge in [-0.15, -0.1) is 0 Å². The van der Waals surface area contributed by atoms with Crippen LogP contribution in [0.2, 0.25) is 5.02 Å². The first kappa shape index (κ1) is 24.3. The number of sulfonamides is 1. The predicted molar refractivity (Wildman–Crippen MR) is 139 cm³/mol.